The van der Waals surface area contributed by atoms with Crippen molar-refractivity contribution in [3.8, 4) is 0 Å². The molecule has 1 N–H and O–H groups in total. The van der Waals surface area contributed by atoms with E-state index in [0.29, 0.717) is 18.8 Å². The van der Waals surface area contributed by atoms with Crippen LogP contribution in [0, 0.1) is 6.92 Å². The summed E-state index contributed by atoms with van der Waals surface area (Å²) in [5.41, 5.74) is 0.731. The lowest BCUT2D eigenvalue weighted by Crippen LogP contribution is -2.50. The predicted molar refractivity (Wildman–Crippen MR) is 72.3 cm³/mol. The number of nitrogens with zero attached hydrogens (tertiary/aromatic N) is 3. The molecular formula is C13H17N3O5. The molecule has 0 aromatic carbocycles. The lowest BCUT2D eigenvalue weighted by atomic mass is 10.2. The van der Waals surface area contributed by atoms with E-state index in [2.05, 4.69) is 9.97 Å². The molecule has 1 aromatic heterocycles. The zero-order valence-corrected chi connectivity index (χ0v) is 11.9. The molecule has 1 aromatic rings. The number of hydrogen-bond donors (Lipinski definition) is 1. The number of aromatic nitrogens is 2. The highest BCUT2D eigenvalue weighted by Gasteiger charge is 2.31. The highest BCUT2D eigenvalue weighted by molar-refractivity contribution is 5.90. The van der Waals surface area contributed by atoms with E-state index in [4.69, 9.17) is 9.47 Å². The molecule has 8 heteroatoms. The Morgan fingerprint density at radius 2 is 2.33 bits per heavy atom. The second kappa shape index (κ2) is 6.49. The maximum atomic E-state index is 11.7. The van der Waals surface area contributed by atoms with Crippen LogP contribution in [0.15, 0.2) is 6.20 Å². The second-order valence-corrected chi connectivity index (χ2v) is 4.51. The molecule has 1 saturated heterocycles. The number of ether oxygens (including phenoxy) is 2. The van der Waals surface area contributed by atoms with Gasteiger partial charge in [-0.2, -0.15) is 0 Å². The molecule has 0 bridgehead atoms. The number of carboxylic acids is 1. The number of carbonyl (C=O) groups is 2. The number of carbonyl (C=O) groups excluding carboxylic acids is 1. The van der Waals surface area contributed by atoms with E-state index in [-0.39, 0.29) is 24.7 Å². The van der Waals surface area contributed by atoms with Crippen LogP contribution in [0.1, 0.15) is 23.0 Å². The Morgan fingerprint density at radius 3 is 2.95 bits per heavy atom. The Morgan fingerprint density at radius 1 is 1.57 bits per heavy atom. The highest BCUT2D eigenvalue weighted by Crippen LogP contribution is 2.17. The van der Waals surface area contributed by atoms with Crippen molar-refractivity contribution in [3.05, 3.63) is 17.5 Å². The van der Waals surface area contributed by atoms with Crippen molar-refractivity contribution in [2.45, 2.75) is 19.9 Å². The molecular weight excluding hydrogens is 278 g/mol. The summed E-state index contributed by atoms with van der Waals surface area (Å²) in [5, 5.41) is 9.20. The molecule has 21 heavy (non-hydrogen) atoms. The van der Waals surface area contributed by atoms with Crippen molar-refractivity contribution in [2.24, 2.45) is 0 Å². The molecule has 0 saturated carbocycles. The first-order valence-electron chi connectivity index (χ1n) is 6.62. The summed E-state index contributed by atoms with van der Waals surface area (Å²) >= 11 is 0. The van der Waals surface area contributed by atoms with Crippen molar-refractivity contribution in [3.63, 3.8) is 0 Å². The molecule has 1 aliphatic heterocycles. The monoisotopic (exact) mass is 295 g/mol. The fourth-order valence-electron chi connectivity index (χ4n) is 2.05. The van der Waals surface area contributed by atoms with Crippen molar-refractivity contribution in [2.75, 3.05) is 31.3 Å². The maximum Gasteiger partial charge on any atom is 0.341 e. The SMILES string of the molecule is CCOC(=O)c1cnc(N2CCOCC2C(=O)O)nc1C. The Hall–Kier alpha value is -2.22. The summed E-state index contributed by atoms with van der Waals surface area (Å²) in [7, 11) is 0. The number of morpholine rings is 1. The third-order valence-corrected chi connectivity index (χ3v) is 3.13. The number of rotatable bonds is 4. The van der Waals surface area contributed by atoms with Crippen molar-refractivity contribution < 1.29 is 24.2 Å². The van der Waals surface area contributed by atoms with Gasteiger partial charge in [-0.1, -0.05) is 0 Å². The van der Waals surface area contributed by atoms with Gasteiger partial charge >= 0.3 is 11.9 Å². The first-order chi connectivity index (χ1) is 10.0. The van der Waals surface area contributed by atoms with Crippen molar-refractivity contribution in [1.29, 1.82) is 0 Å². The van der Waals surface area contributed by atoms with Gasteiger partial charge in [0.2, 0.25) is 5.95 Å². The molecule has 114 valence electrons. The van der Waals surface area contributed by atoms with E-state index in [9.17, 15) is 14.7 Å². The average Bonchev–Trinajstić information content (AvgIpc) is 2.47. The number of anilines is 1. The van der Waals surface area contributed by atoms with Crippen LogP contribution in [0.5, 0.6) is 0 Å². The number of esters is 1. The summed E-state index contributed by atoms with van der Waals surface area (Å²) in [6.07, 6.45) is 1.37. The second-order valence-electron chi connectivity index (χ2n) is 4.51. The minimum Gasteiger partial charge on any atom is -0.480 e. The van der Waals surface area contributed by atoms with E-state index in [0.717, 1.165) is 0 Å². The van der Waals surface area contributed by atoms with Crippen LogP contribution >= 0.6 is 0 Å². The Balaban J connectivity index is 2.26. The third-order valence-electron chi connectivity index (χ3n) is 3.13. The van der Waals surface area contributed by atoms with Gasteiger partial charge in [0.15, 0.2) is 6.04 Å². The number of carboxylic acid groups (broad SMARTS) is 1. The molecule has 1 aliphatic rings. The van der Waals surface area contributed by atoms with E-state index < -0.39 is 18.0 Å². The predicted octanol–water partition coefficient (Wildman–Crippen LogP) is 0.252. The lowest BCUT2D eigenvalue weighted by Gasteiger charge is -2.32. The lowest BCUT2D eigenvalue weighted by molar-refractivity contribution is -0.141. The van der Waals surface area contributed by atoms with Crippen LogP contribution in [0.2, 0.25) is 0 Å². The molecule has 1 fully saturated rings. The summed E-state index contributed by atoms with van der Waals surface area (Å²) in [6, 6.07) is -0.827. The molecule has 0 spiro atoms. The van der Waals surface area contributed by atoms with Crippen LogP contribution in [-0.2, 0) is 14.3 Å². The quantitative estimate of drug-likeness (QED) is 0.789. The molecule has 0 aliphatic carbocycles. The molecule has 2 rings (SSSR count). The highest BCUT2D eigenvalue weighted by atomic mass is 16.5. The number of hydrogen-bond acceptors (Lipinski definition) is 7. The summed E-state index contributed by atoms with van der Waals surface area (Å²) < 4.78 is 10.1. The van der Waals surface area contributed by atoms with E-state index in [1.807, 2.05) is 0 Å². The van der Waals surface area contributed by atoms with Gasteiger partial charge in [-0.3, -0.25) is 0 Å². The minimum atomic E-state index is -0.995. The number of aryl methyl sites for hydroxylation is 1. The largest absolute Gasteiger partial charge is 0.480 e. The van der Waals surface area contributed by atoms with Crippen LogP contribution in [0.3, 0.4) is 0 Å². The summed E-state index contributed by atoms with van der Waals surface area (Å²) in [5.74, 6) is -1.21. The molecule has 0 radical (unpaired) electrons. The van der Waals surface area contributed by atoms with Crippen LogP contribution < -0.4 is 4.90 Å². The topological polar surface area (TPSA) is 102 Å². The Bertz CT molecular complexity index is 549. The molecule has 1 unspecified atom stereocenters. The summed E-state index contributed by atoms with van der Waals surface area (Å²) in [4.78, 5) is 32.8. The van der Waals surface area contributed by atoms with Gasteiger partial charge in [0, 0.05) is 12.7 Å². The van der Waals surface area contributed by atoms with Crippen molar-refractivity contribution in [1.82, 2.24) is 9.97 Å². The Labute approximate surface area is 121 Å². The first kappa shape index (κ1) is 15.2. The third kappa shape index (κ3) is 3.27. The van der Waals surface area contributed by atoms with Crippen LogP contribution in [0.4, 0.5) is 5.95 Å². The van der Waals surface area contributed by atoms with Gasteiger partial charge < -0.3 is 19.5 Å². The van der Waals surface area contributed by atoms with Gasteiger partial charge in [-0.25, -0.2) is 19.6 Å². The summed E-state index contributed by atoms with van der Waals surface area (Å²) in [6.45, 7) is 4.52. The van der Waals surface area contributed by atoms with E-state index in [1.165, 1.54) is 6.20 Å². The zero-order chi connectivity index (χ0) is 15.4. The normalized spacial score (nSPS) is 18.4. The molecule has 2 heterocycles. The molecule has 0 amide bonds. The number of aliphatic carboxylic acids is 1. The fourth-order valence-corrected chi connectivity index (χ4v) is 2.05. The Kier molecular flexibility index (Phi) is 4.69. The van der Waals surface area contributed by atoms with Crippen LogP contribution in [-0.4, -0.2) is 59.4 Å². The molecule has 8 nitrogen and oxygen atoms in total. The average molecular weight is 295 g/mol. The van der Waals surface area contributed by atoms with E-state index >= 15 is 0 Å². The van der Waals surface area contributed by atoms with Gasteiger partial charge in [0.1, 0.15) is 0 Å². The minimum absolute atomic E-state index is 0.0807. The van der Waals surface area contributed by atoms with Crippen LogP contribution in [0.25, 0.3) is 0 Å². The maximum absolute atomic E-state index is 11.7. The zero-order valence-electron chi connectivity index (χ0n) is 11.9. The van der Waals surface area contributed by atoms with Gasteiger partial charge in [0.25, 0.3) is 0 Å². The smallest absolute Gasteiger partial charge is 0.341 e. The van der Waals surface area contributed by atoms with Gasteiger partial charge in [-0.15, -0.1) is 0 Å². The fraction of sp³-hybridized carbons (Fsp3) is 0.538. The standard InChI is InChI=1S/C13H17N3O5/c1-3-21-12(19)9-6-14-13(15-8(9)2)16-4-5-20-7-10(16)11(17)18/h6,10H,3-5,7H2,1-2H3,(H,17,18). The van der Waals surface area contributed by atoms with Gasteiger partial charge in [0.05, 0.1) is 31.1 Å². The molecule has 1 atom stereocenters. The van der Waals surface area contributed by atoms with Gasteiger partial charge in [-0.05, 0) is 13.8 Å². The first-order valence-corrected chi connectivity index (χ1v) is 6.62. The van der Waals surface area contributed by atoms with Crippen molar-refractivity contribution >= 4 is 17.9 Å². The van der Waals surface area contributed by atoms with E-state index in [1.54, 1.807) is 18.7 Å².